The van der Waals surface area contributed by atoms with Crippen molar-refractivity contribution in [3.63, 3.8) is 0 Å². The van der Waals surface area contributed by atoms with Crippen molar-refractivity contribution in [3.8, 4) is 0 Å². The van der Waals surface area contributed by atoms with Gasteiger partial charge in [-0.05, 0) is 53.2 Å². The third-order valence-corrected chi connectivity index (χ3v) is 6.09. The maximum Gasteiger partial charge on any atom is 0.334 e. The maximum atomic E-state index is 12.8. The summed E-state index contributed by atoms with van der Waals surface area (Å²) in [7, 11) is 0. The number of hydrogen-bond acceptors (Lipinski definition) is 7. The van der Waals surface area contributed by atoms with Gasteiger partial charge in [0.15, 0.2) is 11.6 Å². The van der Waals surface area contributed by atoms with E-state index in [1.54, 1.807) is 46.8 Å². The van der Waals surface area contributed by atoms with Crippen molar-refractivity contribution in [1.82, 2.24) is 0 Å². The van der Waals surface area contributed by atoms with Crippen molar-refractivity contribution in [2.24, 2.45) is 5.92 Å². The van der Waals surface area contributed by atoms with Crippen LogP contribution in [0.25, 0.3) is 0 Å². The Morgan fingerprint density at radius 3 is 2.60 bits per heavy atom. The molecule has 2 saturated heterocycles. The van der Waals surface area contributed by atoms with Crippen molar-refractivity contribution >= 4 is 17.7 Å². The van der Waals surface area contributed by atoms with Crippen molar-refractivity contribution in [2.45, 2.75) is 84.1 Å². The van der Waals surface area contributed by atoms with Crippen LogP contribution >= 0.6 is 0 Å². The topological polar surface area (TPSA) is 88.1 Å². The molecule has 0 N–H and O–H groups in total. The van der Waals surface area contributed by atoms with Crippen molar-refractivity contribution in [3.05, 3.63) is 35.5 Å². The lowest BCUT2D eigenvalue weighted by Gasteiger charge is -2.36. The summed E-state index contributed by atoms with van der Waals surface area (Å²) in [5, 5.41) is 0. The smallest absolute Gasteiger partial charge is 0.334 e. The van der Waals surface area contributed by atoms with Gasteiger partial charge in [0.1, 0.15) is 12.2 Å². The van der Waals surface area contributed by atoms with Crippen molar-refractivity contribution in [1.29, 1.82) is 0 Å². The lowest BCUT2D eigenvalue weighted by atomic mass is 9.79. The molecule has 1 aliphatic carbocycles. The number of carbonyl (C=O) groups is 3. The number of ketones is 1. The molecule has 0 unspecified atom stereocenters. The molecule has 5 atom stereocenters. The molecule has 30 heavy (non-hydrogen) atoms. The van der Waals surface area contributed by atoms with Gasteiger partial charge in [-0.3, -0.25) is 4.79 Å². The fourth-order valence-corrected chi connectivity index (χ4v) is 4.39. The van der Waals surface area contributed by atoms with Gasteiger partial charge in [0.05, 0.1) is 17.6 Å². The van der Waals surface area contributed by atoms with Crippen LogP contribution in [-0.4, -0.2) is 47.4 Å². The minimum atomic E-state index is -0.915. The average Bonchev–Trinajstić information content (AvgIpc) is 3.04. The first-order chi connectivity index (χ1) is 13.9. The molecule has 7 heteroatoms. The van der Waals surface area contributed by atoms with E-state index < -0.39 is 47.6 Å². The number of allylic oxidation sites excluding steroid dienone is 2. The first-order valence-corrected chi connectivity index (χ1v) is 10.2. The van der Waals surface area contributed by atoms with Crippen LogP contribution < -0.4 is 0 Å². The van der Waals surface area contributed by atoms with Gasteiger partial charge < -0.3 is 18.9 Å². The predicted molar refractivity (Wildman–Crippen MR) is 108 cm³/mol. The Hall–Kier alpha value is -2.25. The van der Waals surface area contributed by atoms with Crippen LogP contribution in [-0.2, 0) is 33.3 Å². The Morgan fingerprint density at radius 2 is 1.97 bits per heavy atom. The molecule has 164 valence electrons. The van der Waals surface area contributed by atoms with Crippen LogP contribution in [0.3, 0.4) is 0 Å². The molecule has 7 nitrogen and oxygen atoms in total. The summed E-state index contributed by atoms with van der Waals surface area (Å²) in [6, 6.07) is 0. The molecule has 3 aliphatic rings. The minimum Gasteiger partial charge on any atom is -0.458 e. The van der Waals surface area contributed by atoms with Crippen molar-refractivity contribution in [2.75, 3.05) is 0 Å². The summed E-state index contributed by atoms with van der Waals surface area (Å²) in [6.45, 7) is 14.4. The maximum absolute atomic E-state index is 12.8. The molecule has 0 aromatic carbocycles. The van der Waals surface area contributed by atoms with Gasteiger partial charge in [0, 0.05) is 24.0 Å². The summed E-state index contributed by atoms with van der Waals surface area (Å²) in [6.07, 6.45) is 1.60. The molecule has 0 saturated carbocycles. The Bertz CT molecular complexity index is 850. The monoisotopic (exact) mass is 418 g/mol. The van der Waals surface area contributed by atoms with E-state index in [1.807, 2.05) is 6.92 Å². The SMILES string of the molecule is C=C1C(=O)O[C@H]2/C=C(/C)C(=O)C[C@@H]3OC(C)(C)O[C@@]3(C)C[C@H](OC(=O)/C(C)=C\C)[C@H]12. The van der Waals surface area contributed by atoms with E-state index >= 15 is 0 Å². The van der Waals surface area contributed by atoms with Crippen LogP contribution in [0.4, 0.5) is 0 Å². The van der Waals surface area contributed by atoms with E-state index in [1.165, 1.54) is 0 Å². The average molecular weight is 418 g/mol. The summed E-state index contributed by atoms with van der Waals surface area (Å²) in [5.74, 6) is -2.69. The highest BCUT2D eigenvalue weighted by Crippen LogP contribution is 2.45. The second-order valence-electron chi connectivity index (χ2n) is 8.94. The quantitative estimate of drug-likeness (QED) is 0.503. The fourth-order valence-electron chi connectivity index (χ4n) is 4.39. The number of Topliss-reactive ketones (excluding diaryl/α,β-unsaturated/α-hetero) is 1. The number of ether oxygens (including phenoxy) is 4. The predicted octanol–water partition coefficient (Wildman–Crippen LogP) is 3.18. The van der Waals surface area contributed by atoms with Gasteiger partial charge in [-0.25, -0.2) is 9.59 Å². The number of fused-ring (bicyclic) bond motifs is 2. The lowest BCUT2D eigenvalue weighted by Crippen LogP contribution is -2.46. The molecule has 0 radical (unpaired) electrons. The summed E-state index contributed by atoms with van der Waals surface area (Å²) >= 11 is 0. The Balaban J connectivity index is 2.09. The molecule has 0 aromatic heterocycles. The number of rotatable bonds is 2. The lowest BCUT2D eigenvalue weighted by molar-refractivity contribution is -0.171. The van der Waals surface area contributed by atoms with E-state index in [0.717, 1.165) is 0 Å². The molecular formula is C23H30O7. The molecule has 0 amide bonds. The molecule has 0 aromatic rings. The van der Waals surface area contributed by atoms with E-state index in [0.29, 0.717) is 11.1 Å². The number of esters is 2. The zero-order valence-electron chi connectivity index (χ0n) is 18.4. The molecule has 2 heterocycles. The molecule has 2 aliphatic heterocycles. The molecular weight excluding hydrogens is 388 g/mol. The highest BCUT2D eigenvalue weighted by atomic mass is 16.8. The van der Waals surface area contributed by atoms with E-state index in [2.05, 4.69) is 6.58 Å². The Labute approximate surface area is 177 Å². The van der Waals surface area contributed by atoms with Crippen LogP contribution in [0.2, 0.25) is 0 Å². The minimum absolute atomic E-state index is 0.111. The largest absolute Gasteiger partial charge is 0.458 e. The highest BCUT2D eigenvalue weighted by Gasteiger charge is 2.55. The summed E-state index contributed by atoms with van der Waals surface area (Å²) in [5.41, 5.74) is 0.209. The zero-order valence-corrected chi connectivity index (χ0v) is 18.4. The van der Waals surface area contributed by atoms with Crippen LogP contribution in [0.1, 0.15) is 54.4 Å². The third-order valence-electron chi connectivity index (χ3n) is 6.09. The van der Waals surface area contributed by atoms with Gasteiger partial charge in [0.25, 0.3) is 0 Å². The zero-order chi connectivity index (χ0) is 22.4. The Kier molecular flexibility index (Phi) is 5.82. The summed E-state index contributed by atoms with van der Waals surface area (Å²) in [4.78, 5) is 37.7. The summed E-state index contributed by atoms with van der Waals surface area (Å²) < 4.78 is 23.6. The van der Waals surface area contributed by atoms with Crippen LogP contribution in [0, 0.1) is 5.92 Å². The molecule has 2 fully saturated rings. The van der Waals surface area contributed by atoms with E-state index in [-0.39, 0.29) is 24.2 Å². The van der Waals surface area contributed by atoms with Crippen molar-refractivity contribution < 1.29 is 33.3 Å². The molecule has 3 rings (SSSR count). The first-order valence-electron chi connectivity index (χ1n) is 10.2. The third kappa shape index (κ3) is 4.14. The van der Waals surface area contributed by atoms with E-state index in [9.17, 15) is 14.4 Å². The Morgan fingerprint density at radius 1 is 1.30 bits per heavy atom. The molecule has 0 bridgehead atoms. The van der Waals surface area contributed by atoms with E-state index in [4.69, 9.17) is 18.9 Å². The van der Waals surface area contributed by atoms with Gasteiger partial charge in [0.2, 0.25) is 0 Å². The van der Waals surface area contributed by atoms with Crippen LogP contribution in [0.15, 0.2) is 35.5 Å². The van der Waals surface area contributed by atoms with Gasteiger partial charge in [-0.2, -0.15) is 0 Å². The van der Waals surface area contributed by atoms with Gasteiger partial charge in [-0.1, -0.05) is 12.7 Å². The van der Waals surface area contributed by atoms with Crippen LogP contribution in [0.5, 0.6) is 0 Å². The normalized spacial score (nSPS) is 38.3. The number of carbonyl (C=O) groups excluding carboxylic acids is 3. The standard InChI is InChI=1S/C23H30O7/c1-8-12(2)20(25)28-17-11-23(7)18(29-22(5,6)30-23)10-15(24)13(3)9-16-19(17)14(4)21(26)27-16/h8-9,16-19H,4,10-11H2,1-3,5-7H3/b12-8-,13-9-/t16-,17-,18-,19+,23-/m0/s1. The van der Waals surface area contributed by atoms with Gasteiger partial charge in [-0.15, -0.1) is 0 Å². The highest BCUT2D eigenvalue weighted by molar-refractivity contribution is 5.96. The second kappa shape index (κ2) is 7.78. The number of hydrogen-bond donors (Lipinski definition) is 0. The fraction of sp³-hybridized carbons (Fsp3) is 0.609. The first kappa shape index (κ1) is 22.4. The van der Waals surface area contributed by atoms with Gasteiger partial charge >= 0.3 is 11.9 Å². The molecule has 0 spiro atoms. The second-order valence-corrected chi connectivity index (χ2v) is 8.94.